The van der Waals surface area contributed by atoms with Crippen molar-refractivity contribution in [1.82, 2.24) is 10.3 Å². The fourth-order valence-corrected chi connectivity index (χ4v) is 2.43. The van der Waals surface area contributed by atoms with Gasteiger partial charge in [-0.15, -0.1) is 11.3 Å². The average molecular weight is 235 g/mol. The zero-order valence-corrected chi connectivity index (χ0v) is 9.05. The predicted octanol–water partition coefficient (Wildman–Crippen LogP) is 2.19. The maximum atomic E-state index is 4.34. The normalized spacial score (nSPS) is 10.5. The molecule has 0 aliphatic carbocycles. The van der Waals surface area contributed by atoms with Gasteiger partial charge in [-0.25, -0.2) is 4.98 Å². The average Bonchev–Trinajstić information content (AvgIpc) is 2.33. The quantitative estimate of drug-likeness (QED) is 0.868. The second-order valence-corrected chi connectivity index (χ2v) is 4.12. The molecule has 0 aliphatic rings. The molecule has 0 amide bonds. The summed E-state index contributed by atoms with van der Waals surface area (Å²) >= 11 is 5.18. The molecule has 0 bridgehead atoms. The zero-order valence-electron chi connectivity index (χ0n) is 6.65. The minimum atomic E-state index is 0.901. The fourth-order valence-electron chi connectivity index (χ4n) is 0.800. The van der Waals surface area contributed by atoms with Gasteiger partial charge in [0.15, 0.2) is 0 Å². The molecule has 0 saturated carbocycles. The lowest BCUT2D eigenvalue weighted by Gasteiger charge is -1.92. The van der Waals surface area contributed by atoms with Gasteiger partial charge in [0.05, 0.1) is 9.88 Å². The van der Waals surface area contributed by atoms with Gasteiger partial charge in [0.25, 0.3) is 0 Å². The number of hydrogen-bond donors (Lipinski definition) is 1. The molecule has 11 heavy (non-hydrogen) atoms. The summed E-state index contributed by atoms with van der Waals surface area (Å²) in [5.41, 5.74) is 0. The van der Waals surface area contributed by atoms with Crippen molar-refractivity contribution in [3.05, 3.63) is 14.5 Å². The van der Waals surface area contributed by atoms with Crippen LogP contribution in [-0.4, -0.2) is 12.0 Å². The van der Waals surface area contributed by atoms with E-state index in [0.29, 0.717) is 0 Å². The molecular formula is C7H11BrN2S. The first-order chi connectivity index (χ1) is 5.27. The summed E-state index contributed by atoms with van der Waals surface area (Å²) < 4.78 is 0.994. The van der Waals surface area contributed by atoms with Crippen LogP contribution in [0, 0.1) is 0 Å². The zero-order chi connectivity index (χ0) is 8.27. The highest BCUT2D eigenvalue weighted by molar-refractivity contribution is 9.10. The number of nitrogens with zero attached hydrogens (tertiary/aromatic N) is 1. The number of aryl methyl sites for hydroxylation is 1. The van der Waals surface area contributed by atoms with Crippen molar-refractivity contribution in [1.29, 1.82) is 0 Å². The number of aromatic nitrogens is 1. The Labute approximate surface area is 79.2 Å². The molecule has 0 radical (unpaired) electrons. The maximum absolute atomic E-state index is 4.34. The molecule has 1 aromatic heterocycles. The number of hydrogen-bond acceptors (Lipinski definition) is 3. The molecular weight excluding hydrogens is 224 g/mol. The molecule has 0 unspecified atom stereocenters. The van der Waals surface area contributed by atoms with Crippen LogP contribution in [0.4, 0.5) is 0 Å². The van der Waals surface area contributed by atoms with Gasteiger partial charge < -0.3 is 5.32 Å². The van der Waals surface area contributed by atoms with Crippen LogP contribution >= 0.6 is 27.3 Å². The maximum Gasteiger partial charge on any atom is 0.121 e. The van der Waals surface area contributed by atoms with Crippen molar-refractivity contribution >= 4 is 27.3 Å². The lowest BCUT2D eigenvalue weighted by Crippen LogP contribution is -2.03. The molecule has 1 N–H and O–H groups in total. The summed E-state index contributed by atoms with van der Waals surface area (Å²) in [6.45, 7) is 3.02. The lowest BCUT2D eigenvalue weighted by atomic mass is 10.5. The monoisotopic (exact) mass is 234 g/mol. The van der Waals surface area contributed by atoms with E-state index in [4.69, 9.17) is 0 Å². The summed E-state index contributed by atoms with van der Waals surface area (Å²) in [6.07, 6.45) is 1.02. The van der Waals surface area contributed by atoms with Crippen molar-refractivity contribution in [3.63, 3.8) is 0 Å². The molecule has 4 heteroatoms. The number of nitrogens with one attached hydrogen (secondary N) is 1. The van der Waals surface area contributed by atoms with Crippen molar-refractivity contribution in [3.8, 4) is 0 Å². The summed E-state index contributed by atoms with van der Waals surface area (Å²) in [6, 6.07) is 0. The summed E-state index contributed by atoms with van der Waals surface area (Å²) in [4.78, 5) is 5.62. The third kappa shape index (κ3) is 2.25. The van der Waals surface area contributed by atoms with E-state index in [1.54, 1.807) is 11.3 Å². The van der Waals surface area contributed by atoms with E-state index in [1.807, 2.05) is 7.05 Å². The highest BCUT2D eigenvalue weighted by Crippen LogP contribution is 2.23. The van der Waals surface area contributed by atoms with Crippen LogP contribution in [0.2, 0.25) is 0 Å². The number of rotatable bonds is 3. The Kier molecular flexibility index (Phi) is 3.48. The lowest BCUT2D eigenvalue weighted by molar-refractivity contribution is 0.825. The van der Waals surface area contributed by atoms with Crippen LogP contribution in [0.25, 0.3) is 0 Å². The van der Waals surface area contributed by atoms with Crippen LogP contribution in [-0.2, 0) is 13.0 Å². The van der Waals surface area contributed by atoms with Crippen LogP contribution in [0.3, 0.4) is 0 Å². The van der Waals surface area contributed by atoms with Gasteiger partial charge in [0.2, 0.25) is 0 Å². The Hall–Kier alpha value is 0.0700. The van der Waals surface area contributed by atoms with Crippen LogP contribution in [0.15, 0.2) is 4.60 Å². The van der Waals surface area contributed by atoms with E-state index in [2.05, 4.69) is 33.2 Å². The topological polar surface area (TPSA) is 24.9 Å². The van der Waals surface area contributed by atoms with Gasteiger partial charge >= 0.3 is 0 Å². The van der Waals surface area contributed by atoms with E-state index in [-0.39, 0.29) is 0 Å². The van der Waals surface area contributed by atoms with Gasteiger partial charge in [-0.2, -0.15) is 0 Å². The molecule has 0 aromatic carbocycles. The summed E-state index contributed by atoms with van der Waals surface area (Å²) in [7, 11) is 1.94. The van der Waals surface area contributed by atoms with Crippen molar-refractivity contribution in [2.75, 3.05) is 7.05 Å². The second kappa shape index (κ2) is 4.18. The van der Waals surface area contributed by atoms with E-state index in [9.17, 15) is 0 Å². The molecule has 0 saturated heterocycles. The Morgan fingerprint density at radius 1 is 1.64 bits per heavy atom. The standard InChI is InChI=1S/C7H11BrN2S/c1-3-6-10-7(8)5(11-6)4-9-2/h9H,3-4H2,1-2H3. The minimum Gasteiger partial charge on any atom is -0.315 e. The largest absolute Gasteiger partial charge is 0.315 e. The third-order valence-electron chi connectivity index (χ3n) is 1.33. The van der Waals surface area contributed by atoms with Crippen molar-refractivity contribution in [2.45, 2.75) is 19.9 Å². The molecule has 1 heterocycles. The summed E-state index contributed by atoms with van der Waals surface area (Å²) in [5, 5.41) is 4.30. The van der Waals surface area contributed by atoms with E-state index < -0.39 is 0 Å². The predicted molar refractivity (Wildman–Crippen MR) is 52.0 cm³/mol. The molecule has 0 spiro atoms. The minimum absolute atomic E-state index is 0.901. The molecule has 2 nitrogen and oxygen atoms in total. The molecule has 1 rings (SSSR count). The van der Waals surface area contributed by atoms with E-state index in [0.717, 1.165) is 17.6 Å². The van der Waals surface area contributed by atoms with Crippen molar-refractivity contribution in [2.24, 2.45) is 0 Å². The molecule has 0 atom stereocenters. The molecule has 0 aliphatic heterocycles. The van der Waals surface area contributed by atoms with Crippen LogP contribution in [0.5, 0.6) is 0 Å². The van der Waals surface area contributed by atoms with Crippen LogP contribution in [0.1, 0.15) is 16.8 Å². The number of thiazole rings is 1. The van der Waals surface area contributed by atoms with Gasteiger partial charge in [-0.3, -0.25) is 0 Å². The molecule has 62 valence electrons. The second-order valence-electron chi connectivity index (χ2n) is 2.21. The van der Waals surface area contributed by atoms with Crippen LogP contribution < -0.4 is 5.32 Å². The first-order valence-corrected chi connectivity index (χ1v) is 5.17. The highest BCUT2D eigenvalue weighted by atomic mass is 79.9. The Bertz CT molecular complexity index is 234. The van der Waals surface area contributed by atoms with Crippen molar-refractivity contribution < 1.29 is 0 Å². The first kappa shape index (κ1) is 9.16. The Morgan fingerprint density at radius 2 is 2.36 bits per heavy atom. The third-order valence-corrected chi connectivity index (χ3v) is 3.45. The SMILES string of the molecule is CCc1nc(Br)c(CNC)s1. The summed E-state index contributed by atoms with van der Waals surface area (Å²) in [5.74, 6) is 0. The Morgan fingerprint density at radius 3 is 2.82 bits per heavy atom. The van der Waals surface area contributed by atoms with Gasteiger partial charge in [0.1, 0.15) is 4.60 Å². The van der Waals surface area contributed by atoms with E-state index >= 15 is 0 Å². The molecule has 0 fully saturated rings. The van der Waals surface area contributed by atoms with Gasteiger partial charge in [-0.05, 0) is 29.4 Å². The Balaban J connectivity index is 2.79. The van der Waals surface area contributed by atoms with Gasteiger partial charge in [-0.1, -0.05) is 6.92 Å². The fraction of sp³-hybridized carbons (Fsp3) is 0.571. The smallest absolute Gasteiger partial charge is 0.121 e. The van der Waals surface area contributed by atoms with E-state index in [1.165, 1.54) is 9.88 Å². The molecule has 1 aromatic rings. The van der Waals surface area contributed by atoms with Gasteiger partial charge in [0, 0.05) is 6.54 Å². The number of halogens is 1. The highest BCUT2D eigenvalue weighted by Gasteiger charge is 2.05. The first-order valence-electron chi connectivity index (χ1n) is 3.56.